The first-order chi connectivity index (χ1) is 9.86. The molecule has 0 aromatic heterocycles. The van der Waals surface area contributed by atoms with Gasteiger partial charge in [-0.15, -0.1) is 6.58 Å². The molecular formula is C13H22N4O2S2. The molecule has 0 radical (unpaired) electrons. The molecule has 1 aliphatic rings. The number of hydrogen-bond acceptors (Lipinski definition) is 5. The minimum atomic E-state index is -3.29. The molecule has 0 spiro atoms. The number of thioether (sulfide) groups is 1. The van der Waals surface area contributed by atoms with Gasteiger partial charge >= 0.3 is 0 Å². The minimum absolute atomic E-state index is 0.121. The Morgan fingerprint density at radius 3 is 2.81 bits per heavy atom. The predicted octanol–water partition coefficient (Wildman–Crippen LogP) is 1.79. The van der Waals surface area contributed by atoms with Gasteiger partial charge in [-0.05, 0) is 19.8 Å². The third-order valence-electron chi connectivity index (χ3n) is 2.76. The van der Waals surface area contributed by atoms with Gasteiger partial charge in [0.15, 0.2) is 0 Å². The van der Waals surface area contributed by atoms with Crippen molar-refractivity contribution in [3.05, 3.63) is 25.1 Å². The van der Waals surface area contributed by atoms with E-state index in [2.05, 4.69) is 27.9 Å². The number of rotatable bonds is 10. The monoisotopic (exact) mass is 330 g/mol. The van der Waals surface area contributed by atoms with E-state index in [1.165, 1.54) is 11.8 Å². The molecular weight excluding hydrogens is 308 g/mol. The van der Waals surface area contributed by atoms with Gasteiger partial charge in [-0.1, -0.05) is 24.4 Å². The van der Waals surface area contributed by atoms with Gasteiger partial charge in [-0.25, -0.2) is 13.4 Å². The Labute approximate surface area is 131 Å². The van der Waals surface area contributed by atoms with Crippen LogP contribution in [0.25, 0.3) is 0 Å². The van der Waals surface area contributed by atoms with E-state index in [0.29, 0.717) is 19.4 Å². The van der Waals surface area contributed by atoms with Gasteiger partial charge < -0.3 is 4.90 Å². The second-order valence-electron chi connectivity index (χ2n) is 4.70. The number of aliphatic imine (C=N–C) groups is 2. The molecule has 0 aromatic rings. The molecule has 1 rings (SSSR count). The molecule has 6 nitrogen and oxygen atoms in total. The maximum absolute atomic E-state index is 11.7. The second kappa shape index (κ2) is 8.23. The highest BCUT2D eigenvalue weighted by molar-refractivity contribution is 8.12. The number of hydrogen-bond donors (Lipinski definition) is 1. The predicted molar refractivity (Wildman–Crippen MR) is 91.1 cm³/mol. The van der Waals surface area contributed by atoms with Crippen molar-refractivity contribution in [1.29, 1.82) is 0 Å². The normalized spacial score (nSPS) is 17.0. The summed E-state index contributed by atoms with van der Waals surface area (Å²) < 4.78 is 25.8. The molecule has 8 heteroatoms. The Hall–Kier alpha value is -1.28. The third-order valence-corrected chi connectivity index (χ3v) is 5.63. The van der Waals surface area contributed by atoms with Crippen LogP contribution < -0.4 is 4.72 Å². The maximum atomic E-state index is 11.7. The van der Waals surface area contributed by atoms with Crippen LogP contribution in [-0.2, 0) is 10.0 Å². The van der Waals surface area contributed by atoms with Crippen LogP contribution in [0.5, 0.6) is 0 Å². The Morgan fingerprint density at radius 2 is 2.24 bits per heavy atom. The number of nitrogens with one attached hydrogen (secondary N) is 1. The number of nitrogens with zero attached hydrogens (tertiary/aromatic N) is 3. The summed E-state index contributed by atoms with van der Waals surface area (Å²) in [6, 6.07) is 0. The average Bonchev–Trinajstić information content (AvgIpc) is 3.25. The van der Waals surface area contributed by atoms with Crippen molar-refractivity contribution in [3.8, 4) is 0 Å². The molecule has 1 unspecified atom stereocenters. The molecule has 0 bridgehead atoms. The zero-order chi connectivity index (χ0) is 15.9. The first-order valence-corrected chi connectivity index (χ1v) is 9.07. The van der Waals surface area contributed by atoms with Crippen LogP contribution in [0, 0.1) is 0 Å². The van der Waals surface area contributed by atoms with Crippen LogP contribution in [-0.4, -0.2) is 49.4 Å². The van der Waals surface area contributed by atoms with E-state index in [0.717, 1.165) is 0 Å². The lowest BCUT2D eigenvalue weighted by molar-refractivity contribution is 0.514. The first-order valence-electron chi connectivity index (χ1n) is 6.58. The fraction of sp³-hybridized carbons (Fsp3) is 0.538. The van der Waals surface area contributed by atoms with Crippen LogP contribution in [0.4, 0.5) is 0 Å². The molecule has 118 valence electrons. The van der Waals surface area contributed by atoms with Gasteiger partial charge in [-0.2, -0.15) is 0 Å². The smallest absolute Gasteiger partial charge is 0.236 e. The van der Waals surface area contributed by atoms with Crippen molar-refractivity contribution in [2.24, 2.45) is 9.98 Å². The zero-order valence-electron chi connectivity index (χ0n) is 12.4. The van der Waals surface area contributed by atoms with E-state index in [1.807, 2.05) is 18.9 Å². The van der Waals surface area contributed by atoms with Gasteiger partial charge in [0.2, 0.25) is 10.0 Å². The van der Waals surface area contributed by atoms with Gasteiger partial charge in [0.1, 0.15) is 5.82 Å². The summed E-state index contributed by atoms with van der Waals surface area (Å²) >= 11 is 1.53. The molecule has 1 saturated carbocycles. The van der Waals surface area contributed by atoms with Crippen LogP contribution in [0.15, 0.2) is 35.0 Å². The van der Waals surface area contributed by atoms with E-state index >= 15 is 0 Å². The summed E-state index contributed by atoms with van der Waals surface area (Å²) in [6.45, 7) is 9.78. The largest absolute Gasteiger partial charge is 0.354 e. The standard InChI is InChI=1S/C13H22N4O2S2/c1-5-8-14-10-20-12(3)17(4)9-15-11(2)16-21(18,19)13-6-7-13/h5,9-10,12-13,16H,1-2,6-8H2,3-4H3. The molecule has 0 aromatic carbocycles. The highest BCUT2D eigenvalue weighted by Gasteiger charge is 2.35. The van der Waals surface area contributed by atoms with E-state index in [9.17, 15) is 8.42 Å². The van der Waals surface area contributed by atoms with E-state index in [-0.39, 0.29) is 16.4 Å². The Bertz CT molecular complexity index is 524. The summed E-state index contributed by atoms with van der Waals surface area (Å²) in [5.74, 6) is 0.131. The lowest BCUT2D eigenvalue weighted by Gasteiger charge is -2.19. The molecule has 0 heterocycles. The average molecular weight is 330 g/mol. The quantitative estimate of drug-likeness (QED) is 0.287. The molecule has 1 fully saturated rings. The molecule has 1 aliphatic carbocycles. The lowest BCUT2D eigenvalue weighted by Crippen LogP contribution is -2.28. The van der Waals surface area contributed by atoms with Crippen molar-refractivity contribution < 1.29 is 8.42 Å². The molecule has 0 saturated heterocycles. The molecule has 0 amide bonds. The van der Waals surface area contributed by atoms with Crippen molar-refractivity contribution in [1.82, 2.24) is 9.62 Å². The Kier molecular flexibility index (Phi) is 6.97. The van der Waals surface area contributed by atoms with Crippen LogP contribution in [0.2, 0.25) is 0 Å². The highest BCUT2D eigenvalue weighted by Crippen LogP contribution is 2.27. The summed E-state index contributed by atoms with van der Waals surface area (Å²) in [6.07, 6.45) is 4.70. The van der Waals surface area contributed by atoms with Crippen LogP contribution >= 0.6 is 11.8 Å². The topological polar surface area (TPSA) is 74.1 Å². The third kappa shape index (κ3) is 6.81. The fourth-order valence-corrected chi connectivity index (χ4v) is 3.15. The highest BCUT2D eigenvalue weighted by atomic mass is 32.2. The van der Waals surface area contributed by atoms with Crippen molar-refractivity contribution in [2.75, 3.05) is 13.6 Å². The fourth-order valence-electron chi connectivity index (χ4n) is 1.25. The second-order valence-corrected chi connectivity index (χ2v) is 7.82. The Morgan fingerprint density at radius 1 is 1.57 bits per heavy atom. The van der Waals surface area contributed by atoms with Gasteiger partial charge in [0.05, 0.1) is 29.1 Å². The van der Waals surface area contributed by atoms with Gasteiger partial charge in [-0.3, -0.25) is 9.71 Å². The number of sulfonamides is 1. The summed E-state index contributed by atoms with van der Waals surface area (Å²) in [7, 11) is -1.44. The van der Waals surface area contributed by atoms with Gasteiger partial charge in [0.25, 0.3) is 0 Å². The van der Waals surface area contributed by atoms with Gasteiger partial charge in [0, 0.05) is 7.05 Å². The zero-order valence-corrected chi connectivity index (χ0v) is 14.0. The summed E-state index contributed by atoms with van der Waals surface area (Å²) in [4.78, 5) is 10.00. The molecule has 1 atom stereocenters. The SMILES string of the molecule is C=CCN=CSC(C)N(C)C=NC(=C)NS(=O)(=O)C1CC1. The van der Waals surface area contributed by atoms with E-state index in [4.69, 9.17) is 0 Å². The maximum Gasteiger partial charge on any atom is 0.236 e. The minimum Gasteiger partial charge on any atom is -0.354 e. The van der Waals surface area contributed by atoms with E-state index in [1.54, 1.807) is 18.0 Å². The van der Waals surface area contributed by atoms with Crippen molar-refractivity contribution >= 4 is 33.7 Å². The summed E-state index contributed by atoms with van der Waals surface area (Å²) in [5, 5.41) is -0.159. The molecule has 1 N–H and O–H groups in total. The van der Waals surface area contributed by atoms with Crippen LogP contribution in [0.1, 0.15) is 19.8 Å². The first kappa shape index (κ1) is 17.8. The summed E-state index contributed by atoms with van der Waals surface area (Å²) in [5.41, 5.74) is 1.77. The van der Waals surface area contributed by atoms with E-state index < -0.39 is 10.0 Å². The van der Waals surface area contributed by atoms with Crippen molar-refractivity contribution in [2.45, 2.75) is 30.4 Å². The van der Waals surface area contributed by atoms with Crippen LogP contribution in [0.3, 0.4) is 0 Å². The lowest BCUT2D eigenvalue weighted by atomic mass is 10.6. The molecule has 0 aliphatic heterocycles. The Balaban J connectivity index is 2.39. The molecule has 21 heavy (non-hydrogen) atoms. The van der Waals surface area contributed by atoms with Crippen molar-refractivity contribution in [3.63, 3.8) is 0 Å².